The third-order valence-electron chi connectivity index (χ3n) is 3.33. The van der Waals surface area contributed by atoms with Gasteiger partial charge in [0, 0.05) is 0 Å². The van der Waals surface area contributed by atoms with Crippen LogP contribution in [0.1, 0.15) is 19.8 Å². The van der Waals surface area contributed by atoms with Gasteiger partial charge < -0.3 is 17.7 Å². The van der Waals surface area contributed by atoms with Crippen LogP contribution in [0.3, 0.4) is 0 Å². The fourth-order valence-electron chi connectivity index (χ4n) is 2.64. The summed E-state index contributed by atoms with van der Waals surface area (Å²) in [4.78, 5) is 0. The molecule has 0 aromatic carbocycles. The van der Waals surface area contributed by atoms with Gasteiger partial charge in [0.15, 0.2) is 8.32 Å². The van der Waals surface area contributed by atoms with Crippen molar-refractivity contribution < 1.29 is 17.7 Å². The maximum absolute atomic E-state index is 6.51. The van der Waals surface area contributed by atoms with Gasteiger partial charge in [0.25, 0.3) is 0 Å². The highest BCUT2D eigenvalue weighted by molar-refractivity contribution is 6.87. The highest BCUT2D eigenvalue weighted by Crippen LogP contribution is 2.24. The van der Waals surface area contributed by atoms with E-state index in [0.29, 0.717) is 12.7 Å². The van der Waals surface area contributed by atoms with Gasteiger partial charge in [-0.2, -0.15) is 0 Å². The van der Waals surface area contributed by atoms with Crippen LogP contribution in [0.4, 0.5) is 0 Å². The van der Waals surface area contributed by atoms with Crippen LogP contribution in [0, 0.1) is 0 Å². The van der Waals surface area contributed by atoms with E-state index in [4.69, 9.17) is 17.7 Å². The van der Waals surface area contributed by atoms with Crippen LogP contribution in [-0.4, -0.2) is 50.7 Å². The fraction of sp³-hybridized carbons (Fsp3) is 1.00. The zero-order valence-electron chi connectivity index (χ0n) is 15.0. The lowest BCUT2D eigenvalue weighted by Gasteiger charge is -2.38. The Morgan fingerprint density at radius 3 is 2.10 bits per heavy atom. The topological polar surface area (TPSA) is 40.2 Å². The molecule has 0 bridgehead atoms. The summed E-state index contributed by atoms with van der Waals surface area (Å²) in [7, 11) is -5.50. The highest BCUT2D eigenvalue weighted by Gasteiger charge is 2.39. The second kappa shape index (κ2) is 7.85. The van der Waals surface area contributed by atoms with E-state index in [0.717, 1.165) is 12.8 Å². The smallest absolute Gasteiger partial charge is 0.311 e. The van der Waals surface area contributed by atoms with Crippen LogP contribution in [0.25, 0.3) is 0 Å². The molecule has 1 aliphatic rings. The summed E-state index contributed by atoms with van der Waals surface area (Å²) in [6, 6.07) is 1.22. The molecule has 0 radical (unpaired) electrons. The third kappa shape index (κ3) is 9.27. The standard InChI is InChI=1S/C14H34O4Si3/c1-8-9-10-19(2,3)17-21(6,7)18-20(4,5)13-15-11-14-12-16-14/h14H,8-13H2,1-7H3. The maximum Gasteiger partial charge on any atom is 0.311 e. The van der Waals surface area contributed by atoms with Gasteiger partial charge in [0.1, 0.15) is 6.10 Å². The van der Waals surface area contributed by atoms with Crippen molar-refractivity contribution in [2.75, 3.05) is 19.4 Å². The molecule has 0 amide bonds. The van der Waals surface area contributed by atoms with Crippen LogP contribution in [-0.2, 0) is 17.7 Å². The predicted octanol–water partition coefficient (Wildman–Crippen LogP) is 3.89. The monoisotopic (exact) mass is 350 g/mol. The summed E-state index contributed by atoms with van der Waals surface area (Å²) in [5.41, 5.74) is 0. The lowest BCUT2D eigenvalue weighted by atomic mass is 10.4. The van der Waals surface area contributed by atoms with E-state index >= 15 is 0 Å². The van der Waals surface area contributed by atoms with Crippen molar-refractivity contribution in [1.82, 2.24) is 0 Å². The van der Waals surface area contributed by atoms with Crippen LogP contribution in [0.2, 0.25) is 45.3 Å². The van der Waals surface area contributed by atoms with E-state index in [-0.39, 0.29) is 0 Å². The molecule has 0 aromatic rings. The van der Waals surface area contributed by atoms with E-state index in [2.05, 4.69) is 46.2 Å². The number of hydrogen-bond donors (Lipinski definition) is 0. The molecule has 0 saturated carbocycles. The lowest BCUT2D eigenvalue weighted by molar-refractivity contribution is 0.142. The molecule has 4 nitrogen and oxygen atoms in total. The minimum absolute atomic E-state index is 0.330. The minimum Gasteiger partial charge on any atom is -0.437 e. The molecule has 0 spiro atoms. The normalized spacial score (nSPS) is 19.9. The number of epoxide rings is 1. The number of ether oxygens (including phenoxy) is 2. The van der Waals surface area contributed by atoms with Crippen molar-refractivity contribution in [1.29, 1.82) is 0 Å². The molecule has 21 heavy (non-hydrogen) atoms. The zero-order valence-corrected chi connectivity index (χ0v) is 18.0. The Morgan fingerprint density at radius 1 is 1.00 bits per heavy atom. The second-order valence-corrected chi connectivity index (χ2v) is 20.0. The van der Waals surface area contributed by atoms with Crippen LogP contribution >= 0.6 is 0 Å². The molecule has 1 saturated heterocycles. The Hall–Kier alpha value is 0.491. The van der Waals surface area contributed by atoms with Crippen molar-refractivity contribution >= 4 is 25.2 Å². The summed E-state index contributed by atoms with van der Waals surface area (Å²) < 4.78 is 23.9. The van der Waals surface area contributed by atoms with Crippen LogP contribution in [0.5, 0.6) is 0 Å². The average Bonchev–Trinajstić information content (AvgIpc) is 3.06. The van der Waals surface area contributed by atoms with Gasteiger partial charge >= 0.3 is 8.56 Å². The second-order valence-electron chi connectivity index (χ2n) is 7.70. The number of hydrogen-bond acceptors (Lipinski definition) is 4. The van der Waals surface area contributed by atoms with E-state index in [1.165, 1.54) is 18.9 Å². The predicted molar refractivity (Wildman–Crippen MR) is 94.9 cm³/mol. The third-order valence-corrected chi connectivity index (χ3v) is 14.1. The number of unbranched alkanes of at least 4 members (excludes halogenated alkanes) is 1. The average molecular weight is 351 g/mol. The SMILES string of the molecule is CCCC[Si](C)(C)O[Si](C)(C)O[Si](C)(C)COCC1CO1. The zero-order chi connectivity index (χ0) is 16.1. The molecule has 1 aliphatic heterocycles. The first kappa shape index (κ1) is 19.5. The summed E-state index contributed by atoms with van der Waals surface area (Å²) >= 11 is 0. The number of rotatable bonds is 11. The largest absolute Gasteiger partial charge is 0.437 e. The van der Waals surface area contributed by atoms with Crippen molar-refractivity contribution in [2.24, 2.45) is 0 Å². The highest BCUT2D eigenvalue weighted by atomic mass is 28.5. The Balaban J connectivity index is 2.40. The first-order valence-corrected chi connectivity index (χ1v) is 17.2. The minimum atomic E-state index is -2.07. The van der Waals surface area contributed by atoms with Crippen LogP contribution in [0.15, 0.2) is 0 Å². The summed E-state index contributed by atoms with van der Waals surface area (Å²) in [6.07, 6.45) is 3.55. The Labute approximate surface area is 134 Å². The molecule has 1 atom stereocenters. The van der Waals surface area contributed by atoms with Gasteiger partial charge in [-0.1, -0.05) is 19.8 Å². The van der Waals surface area contributed by atoms with E-state index in [1.807, 2.05) is 0 Å². The first-order chi connectivity index (χ1) is 9.55. The Bertz CT molecular complexity index is 317. The molecule has 0 aromatic heterocycles. The lowest BCUT2D eigenvalue weighted by Crippen LogP contribution is -2.54. The van der Waals surface area contributed by atoms with Gasteiger partial charge in [-0.05, 0) is 45.3 Å². The summed E-state index contributed by atoms with van der Waals surface area (Å²) in [5.74, 6) is 0. The molecular weight excluding hydrogens is 316 g/mol. The van der Waals surface area contributed by atoms with E-state index < -0.39 is 25.2 Å². The molecule has 7 heteroatoms. The molecule has 1 fully saturated rings. The van der Waals surface area contributed by atoms with Gasteiger partial charge in [0.05, 0.1) is 19.4 Å². The molecule has 126 valence electrons. The van der Waals surface area contributed by atoms with Crippen molar-refractivity contribution in [3.63, 3.8) is 0 Å². The van der Waals surface area contributed by atoms with Gasteiger partial charge in [-0.15, -0.1) is 0 Å². The molecule has 0 aliphatic carbocycles. The van der Waals surface area contributed by atoms with Gasteiger partial charge in [-0.3, -0.25) is 0 Å². The quantitative estimate of drug-likeness (QED) is 0.419. The summed E-state index contributed by atoms with van der Waals surface area (Å²) in [6.45, 7) is 17.2. The van der Waals surface area contributed by atoms with Gasteiger partial charge in [-0.25, -0.2) is 0 Å². The summed E-state index contributed by atoms with van der Waals surface area (Å²) in [5, 5.41) is 0. The molecule has 0 N–H and O–H groups in total. The van der Waals surface area contributed by atoms with E-state index in [1.54, 1.807) is 0 Å². The fourth-order valence-corrected chi connectivity index (χ4v) is 16.3. The molecular formula is C14H34O4Si3. The van der Waals surface area contributed by atoms with E-state index in [9.17, 15) is 0 Å². The molecule has 1 heterocycles. The molecule has 1 rings (SSSR count). The van der Waals surface area contributed by atoms with Crippen molar-refractivity contribution in [3.8, 4) is 0 Å². The first-order valence-electron chi connectivity index (χ1n) is 8.15. The Kier molecular flexibility index (Phi) is 7.30. The molecule has 1 unspecified atom stereocenters. The van der Waals surface area contributed by atoms with Crippen LogP contribution < -0.4 is 0 Å². The van der Waals surface area contributed by atoms with Crippen molar-refractivity contribution in [2.45, 2.75) is 71.2 Å². The van der Waals surface area contributed by atoms with Gasteiger partial charge in [0.2, 0.25) is 8.32 Å². The maximum atomic E-state index is 6.51. The Morgan fingerprint density at radius 2 is 1.57 bits per heavy atom. The van der Waals surface area contributed by atoms with Crippen molar-refractivity contribution in [3.05, 3.63) is 0 Å².